The topological polar surface area (TPSA) is 24.5 Å². The van der Waals surface area contributed by atoms with Crippen LogP contribution in [0.15, 0.2) is 42.5 Å². The molecule has 0 aliphatic carbocycles. The zero-order chi connectivity index (χ0) is 18.7. The smallest absolute Gasteiger partial charge is 0.406 e. The number of hydrogen-bond acceptors (Lipinski definition) is 3. The van der Waals surface area contributed by atoms with E-state index >= 15 is 0 Å². The van der Waals surface area contributed by atoms with E-state index in [9.17, 15) is 22.0 Å². The fraction of sp³-hybridized carbons (Fsp3) is 0.333. The number of hydrogen-bond donors (Lipinski definition) is 1. The van der Waals surface area contributed by atoms with Gasteiger partial charge < -0.3 is 10.1 Å². The first-order chi connectivity index (χ1) is 12.3. The van der Waals surface area contributed by atoms with Gasteiger partial charge in [-0.25, -0.2) is 8.78 Å². The highest BCUT2D eigenvalue weighted by Crippen LogP contribution is 2.33. The molecule has 0 amide bonds. The first kappa shape index (κ1) is 18.6. The van der Waals surface area contributed by atoms with Crippen LogP contribution < -0.4 is 10.1 Å². The molecule has 1 fully saturated rings. The van der Waals surface area contributed by atoms with Crippen LogP contribution >= 0.6 is 0 Å². The van der Waals surface area contributed by atoms with Crippen LogP contribution in [0.4, 0.5) is 22.0 Å². The number of rotatable bonds is 4. The Labute approximate surface area is 147 Å². The maximum Gasteiger partial charge on any atom is 0.573 e. The summed E-state index contributed by atoms with van der Waals surface area (Å²) in [4.78, 5) is 2.01. The SMILES string of the molecule is Fc1ccc([C@H](c2ccc(OC(F)(F)F)cc2)N2CCNCC2)c(F)c1. The molecule has 1 heterocycles. The molecule has 140 valence electrons. The lowest BCUT2D eigenvalue weighted by Gasteiger charge is -2.35. The Balaban J connectivity index is 1.95. The molecule has 1 aliphatic rings. The molecule has 0 spiro atoms. The van der Waals surface area contributed by atoms with Gasteiger partial charge in [0.25, 0.3) is 0 Å². The predicted molar refractivity (Wildman–Crippen MR) is 85.8 cm³/mol. The van der Waals surface area contributed by atoms with Crippen molar-refractivity contribution in [2.75, 3.05) is 26.2 Å². The van der Waals surface area contributed by atoms with E-state index in [4.69, 9.17) is 0 Å². The lowest BCUT2D eigenvalue weighted by molar-refractivity contribution is -0.274. The summed E-state index contributed by atoms with van der Waals surface area (Å²) in [7, 11) is 0. The van der Waals surface area contributed by atoms with Crippen molar-refractivity contribution in [3.63, 3.8) is 0 Å². The third kappa shape index (κ3) is 4.50. The van der Waals surface area contributed by atoms with Crippen LogP contribution in [0.2, 0.25) is 0 Å². The van der Waals surface area contributed by atoms with Gasteiger partial charge in [-0.15, -0.1) is 13.2 Å². The highest BCUT2D eigenvalue weighted by atomic mass is 19.4. The highest BCUT2D eigenvalue weighted by Gasteiger charge is 2.31. The Hall–Kier alpha value is -2.19. The number of benzene rings is 2. The monoisotopic (exact) mass is 372 g/mol. The fourth-order valence-electron chi connectivity index (χ4n) is 3.10. The summed E-state index contributed by atoms with van der Waals surface area (Å²) in [6.07, 6.45) is -4.78. The van der Waals surface area contributed by atoms with Crippen molar-refractivity contribution in [3.8, 4) is 5.75 Å². The minimum absolute atomic E-state index is 0.276. The van der Waals surface area contributed by atoms with Crippen molar-refractivity contribution < 1.29 is 26.7 Å². The fourth-order valence-corrected chi connectivity index (χ4v) is 3.10. The van der Waals surface area contributed by atoms with Gasteiger partial charge in [0.1, 0.15) is 17.4 Å². The number of piperazine rings is 1. The van der Waals surface area contributed by atoms with Gasteiger partial charge in [-0.3, -0.25) is 4.90 Å². The number of ether oxygens (including phenoxy) is 1. The van der Waals surface area contributed by atoms with Gasteiger partial charge in [0.05, 0.1) is 6.04 Å². The second kappa shape index (κ2) is 7.59. The molecule has 1 aliphatic heterocycles. The Kier molecular flexibility index (Phi) is 5.43. The molecule has 0 radical (unpaired) electrons. The maximum atomic E-state index is 14.4. The van der Waals surface area contributed by atoms with E-state index in [2.05, 4.69) is 10.1 Å². The molecule has 3 rings (SSSR count). The summed E-state index contributed by atoms with van der Waals surface area (Å²) < 4.78 is 68.5. The van der Waals surface area contributed by atoms with E-state index < -0.39 is 24.0 Å². The van der Waals surface area contributed by atoms with Crippen molar-refractivity contribution in [3.05, 3.63) is 65.2 Å². The van der Waals surface area contributed by atoms with Gasteiger partial charge in [-0.2, -0.15) is 0 Å². The molecule has 8 heteroatoms. The highest BCUT2D eigenvalue weighted by molar-refractivity contribution is 5.36. The standard InChI is InChI=1S/C18H17F5N2O/c19-13-3-6-15(16(20)11-13)17(25-9-7-24-8-10-25)12-1-4-14(5-2-12)26-18(21,22)23/h1-6,11,17,24H,7-10H2/t17-/m0/s1. The first-order valence-corrected chi connectivity index (χ1v) is 8.09. The van der Waals surface area contributed by atoms with Gasteiger partial charge >= 0.3 is 6.36 Å². The predicted octanol–water partition coefficient (Wildman–Crippen LogP) is 3.86. The lowest BCUT2D eigenvalue weighted by Crippen LogP contribution is -2.45. The Morgan fingerprint density at radius 1 is 0.962 bits per heavy atom. The Bertz CT molecular complexity index is 742. The van der Waals surface area contributed by atoms with Crippen LogP contribution in [-0.4, -0.2) is 37.4 Å². The number of nitrogens with zero attached hydrogens (tertiary/aromatic N) is 1. The second-order valence-electron chi connectivity index (χ2n) is 5.97. The number of alkyl halides is 3. The van der Waals surface area contributed by atoms with E-state index in [0.29, 0.717) is 31.7 Å². The van der Waals surface area contributed by atoms with E-state index in [1.165, 1.54) is 36.4 Å². The van der Waals surface area contributed by atoms with Gasteiger partial charge in [0.2, 0.25) is 0 Å². The van der Waals surface area contributed by atoms with Crippen molar-refractivity contribution in [1.82, 2.24) is 10.2 Å². The van der Waals surface area contributed by atoms with Gasteiger partial charge in [-0.1, -0.05) is 18.2 Å². The molecule has 1 atom stereocenters. The summed E-state index contributed by atoms with van der Waals surface area (Å²) in [5.41, 5.74) is 0.879. The minimum atomic E-state index is -4.78. The molecule has 3 nitrogen and oxygen atoms in total. The Morgan fingerprint density at radius 2 is 1.62 bits per heavy atom. The molecular formula is C18H17F5N2O. The largest absolute Gasteiger partial charge is 0.573 e. The molecule has 1 N–H and O–H groups in total. The van der Waals surface area contributed by atoms with E-state index in [1.54, 1.807) is 0 Å². The summed E-state index contributed by atoms with van der Waals surface area (Å²) in [6, 6.07) is 8.15. The summed E-state index contributed by atoms with van der Waals surface area (Å²) >= 11 is 0. The average molecular weight is 372 g/mol. The zero-order valence-electron chi connectivity index (χ0n) is 13.7. The van der Waals surface area contributed by atoms with Gasteiger partial charge in [-0.05, 0) is 23.8 Å². The number of halogens is 5. The van der Waals surface area contributed by atoms with Crippen molar-refractivity contribution in [2.45, 2.75) is 12.4 Å². The van der Waals surface area contributed by atoms with Crippen LogP contribution in [0.1, 0.15) is 17.2 Å². The van der Waals surface area contributed by atoms with Crippen LogP contribution in [0.25, 0.3) is 0 Å². The maximum absolute atomic E-state index is 14.4. The third-order valence-electron chi connectivity index (χ3n) is 4.20. The zero-order valence-corrected chi connectivity index (χ0v) is 13.7. The summed E-state index contributed by atoms with van der Waals surface area (Å²) in [5.74, 6) is -1.72. The average Bonchev–Trinajstić information content (AvgIpc) is 2.58. The minimum Gasteiger partial charge on any atom is -0.406 e. The van der Waals surface area contributed by atoms with Crippen LogP contribution in [0.3, 0.4) is 0 Å². The van der Waals surface area contributed by atoms with Crippen LogP contribution in [0.5, 0.6) is 5.75 Å². The molecule has 2 aromatic rings. The Morgan fingerprint density at radius 3 is 2.19 bits per heavy atom. The van der Waals surface area contributed by atoms with E-state index in [0.717, 1.165) is 6.07 Å². The van der Waals surface area contributed by atoms with Crippen LogP contribution in [0, 0.1) is 11.6 Å². The molecule has 1 saturated heterocycles. The first-order valence-electron chi connectivity index (χ1n) is 8.09. The molecule has 0 unspecified atom stereocenters. The molecular weight excluding hydrogens is 355 g/mol. The normalized spacial score (nSPS) is 17.1. The van der Waals surface area contributed by atoms with Crippen molar-refractivity contribution >= 4 is 0 Å². The summed E-state index contributed by atoms with van der Waals surface area (Å²) in [5, 5.41) is 3.19. The lowest BCUT2D eigenvalue weighted by atomic mass is 9.95. The quantitative estimate of drug-likeness (QED) is 0.825. The molecule has 2 aromatic carbocycles. The van der Waals surface area contributed by atoms with Crippen molar-refractivity contribution in [2.24, 2.45) is 0 Å². The molecule has 26 heavy (non-hydrogen) atoms. The van der Waals surface area contributed by atoms with Gasteiger partial charge in [0.15, 0.2) is 0 Å². The molecule has 0 bridgehead atoms. The molecule has 0 saturated carbocycles. The number of nitrogens with one attached hydrogen (secondary N) is 1. The second-order valence-corrected chi connectivity index (χ2v) is 5.97. The van der Waals surface area contributed by atoms with Crippen molar-refractivity contribution in [1.29, 1.82) is 0 Å². The third-order valence-corrected chi connectivity index (χ3v) is 4.20. The van der Waals surface area contributed by atoms with E-state index in [1.807, 2.05) is 4.90 Å². The summed E-state index contributed by atoms with van der Waals surface area (Å²) in [6.45, 7) is 2.66. The van der Waals surface area contributed by atoms with Gasteiger partial charge in [0, 0.05) is 37.8 Å². The van der Waals surface area contributed by atoms with Crippen LogP contribution in [-0.2, 0) is 0 Å². The molecule has 0 aromatic heterocycles. The van der Waals surface area contributed by atoms with E-state index in [-0.39, 0.29) is 11.3 Å².